The number of pyridine rings is 1. The molecule has 6 atom stereocenters. The highest BCUT2D eigenvalue weighted by molar-refractivity contribution is 7.91. The van der Waals surface area contributed by atoms with E-state index in [1.807, 2.05) is 30.3 Å². The smallest absolute Gasteiger partial charge is 0.332 e. The number of aromatic nitrogens is 1. The van der Waals surface area contributed by atoms with Gasteiger partial charge in [0.25, 0.3) is 5.91 Å². The fourth-order valence-electron chi connectivity index (χ4n) is 7.77. The number of rotatable bonds is 17. The molecule has 3 heterocycles. The number of nitrogens with zero attached hydrogens (tertiary/aromatic N) is 2. The Morgan fingerprint density at radius 1 is 1.08 bits per heavy atom. The molecule has 2 aliphatic heterocycles. The number of likely N-dealkylation sites (tertiary alicyclic amines) is 1. The van der Waals surface area contributed by atoms with Crippen LogP contribution >= 0.6 is 0 Å². The SMILES string of the molecule is C=C[C@@H]1C[C@]1(NC(=O)[C@@H]1C[C@@H](Oc2cc(-c3ccccc3)nc3cc(OC)ccc23)CN1C(=O)[C@H](CCC(=O)N[C@H]1COC1=O)CC(=O)OC(C)(C)C)C(=O)NS(=O)(=O)C1CC1. The summed E-state index contributed by atoms with van der Waals surface area (Å²) in [6, 6.07) is 14.4. The molecule has 4 aliphatic rings. The molecule has 4 amide bonds. The Labute approximate surface area is 359 Å². The van der Waals surface area contributed by atoms with Crippen molar-refractivity contribution in [2.24, 2.45) is 11.8 Å². The second-order valence-electron chi connectivity index (χ2n) is 17.2. The molecule has 7 rings (SSSR count). The number of ether oxygens (including phenoxy) is 4. The van der Waals surface area contributed by atoms with Gasteiger partial charge in [0.05, 0.1) is 36.5 Å². The Kier molecular flexibility index (Phi) is 12.3. The average molecular weight is 874 g/mol. The standard InChI is InChI=1S/C44H51N5O12S/c1-6-27-22-44(27,42(55)48-62(56,57)30-14-15-30)47-39(52)35-20-29(60-36-21-32(25-10-8-7-9-11-25)45-33-19-28(58-5)13-16-31(33)36)23-49(35)40(53)26(18-38(51)61-43(2,3)4)12-17-37(50)46-34-24-59-41(34)54/h6-11,13,16,19,21,26-27,29-30,34-35H,1,12,14-15,17-18,20,22-24H2,2-5H3,(H,46,50)(H,47,52)(H,48,55)/t26-,27-,29-,34+,35+,44-/m1/s1. The fraction of sp³-hybridized carbons (Fsp3) is 0.477. The molecule has 0 spiro atoms. The van der Waals surface area contributed by atoms with Gasteiger partial charge in [-0.3, -0.25) is 28.7 Å². The Hall–Kier alpha value is -6.04. The molecule has 2 aliphatic carbocycles. The van der Waals surface area contributed by atoms with E-state index in [1.54, 1.807) is 52.1 Å². The van der Waals surface area contributed by atoms with Crippen molar-refractivity contribution < 1.29 is 56.1 Å². The van der Waals surface area contributed by atoms with Gasteiger partial charge in [0.1, 0.15) is 41.4 Å². The molecule has 0 unspecified atom stereocenters. The van der Waals surface area contributed by atoms with Crippen molar-refractivity contribution in [3.05, 3.63) is 67.3 Å². The first-order chi connectivity index (χ1) is 29.4. The summed E-state index contributed by atoms with van der Waals surface area (Å²) in [6.07, 6.45) is 0.645. The van der Waals surface area contributed by atoms with Crippen LogP contribution in [0.3, 0.4) is 0 Å². The monoisotopic (exact) mass is 873 g/mol. The van der Waals surface area contributed by atoms with Gasteiger partial charge in [-0.05, 0) is 58.6 Å². The molecular formula is C44H51N5O12S. The molecule has 18 heteroatoms. The number of amides is 4. The van der Waals surface area contributed by atoms with Gasteiger partial charge in [0, 0.05) is 47.8 Å². The summed E-state index contributed by atoms with van der Waals surface area (Å²) in [5.41, 5.74) is -0.586. The summed E-state index contributed by atoms with van der Waals surface area (Å²) in [4.78, 5) is 87.1. The summed E-state index contributed by atoms with van der Waals surface area (Å²) < 4.78 is 50.3. The number of carbonyl (C=O) groups excluding carboxylic acids is 6. The number of nitrogens with one attached hydrogen (secondary N) is 3. The quantitative estimate of drug-likeness (QED) is 0.131. The summed E-state index contributed by atoms with van der Waals surface area (Å²) in [6.45, 7) is 8.67. The molecule has 4 fully saturated rings. The Morgan fingerprint density at radius 3 is 2.44 bits per heavy atom. The second-order valence-corrected chi connectivity index (χ2v) is 19.2. The predicted octanol–water partition coefficient (Wildman–Crippen LogP) is 3.10. The van der Waals surface area contributed by atoms with Crippen molar-refractivity contribution in [3.63, 3.8) is 0 Å². The van der Waals surface area contributed by atoms with E-state index in [1.165, 1.54) is 11.0 Å². The summed E-state index contributed by atoms with van der Waals surface area (Å²) in [7, 11) is -2.43. The highest BCUT2D eigenvalue weighted by atomic mass is 32.2. The minimum Gasteiger partial charge on any atom is -0.497 e. The first-order valence-electron chi connectivity index (χ1n) is 20.6. The largest absolute Gasteiger partial charge is 0.497 e. The lowest BCUT2D eigenvalue weighted by Gasteiger charge is -2.30. The third-order valence-corrected chi connectivity index (χ3v) is 13.2. The Bertz CT molecular complexity index is 2400. The van der Waals surface area contributed by atoms with Crippen molar-refractivity contribution in [1.82, 2.24) is 25.2 Å². The van der Waals surface area contributed by atoms with E-state index in [0.717, 1.165) is 5.56 Å². The van der Waals surface area contributed by atoms with Gasteiger partial charge in [-0.25, -0.2) is 18.2 Å². The zero-order valence-electron chi connectivity index (χ0n) is 35.0. The van der Waals surface area contributed by atoms with Gasteiger partial charge >= 0.3 is 11.9 Å². The number of esters is 2. The molecule has 0 bridgehead atoms. The van der Waals surface area contributed by atoms with Crippen LogP contribution in [-0.2, 0) is 48.3 Å². The lowest BCUT2D eigenvalue weighted by Crippen LogP contribution is -2.57. The van der Waals surface area contributed by atoms with E-state index in [2.05, 4.69) is 21.9 Å². The number of cyclic esters (lactones) is 1. The molecule has 330 valence electrons. The van der Waals surface area contributed by atoms with Crippen molar-refractivity contribution in [3.8, 4) is 22.8 Å². The van der Waals surface area contributed by atoms with Crippen LogP contribution in [0.1, 0.15) is 65.7 Å². The van der Waals surface area contributed by atoms with Crippen LogP contribution in [0.2, 0.25) is 0 Å². The lowest BCUT2D eigenvalue weighted by atomic mass is 9.96. The molecule has 2 saturated heterocycles. The maximum Gasteiger partial charge on any atom is 0.332 e. The molecule has 1 aromatic heterocycles. The van der Waals surface area contributed by atoms with Crippen LogP contribution in [-0.4, -0.2) is 109 Å². The van der Waals surface area contributed by atoms with Crippen molar-refractivity contribution in [2.75, 3.05) is 20.3 Å². The van der Waals surface area contributed by atoms with Crippen LogP contribution < -0.4 is 24.8 Å². The predicted molar refractivity (Wildman–Crippen MR) is 224 cm³/mol. The Morgan fingerprint density at radius 2 is 1.82 bits per heavy atom. The molecule has 2 saturated carbocycles. The lowest BCUT2D eigenvalue weighted by molar-refractivity contribution is -0.164. The third kappa shape index (κ3) is 9.85. The van der Waals surface area contributed by atoms with Gasteiger partial charge in [-0.2, -0.15) is 0 Å². The number of hydrogen-bond donors (Lipinski definition) is 3. The highest BCUT2D eigenvalue weighted by Gasteiger charge is 2.62. The van der Waals surface area contributed by atoms with Crippen LogP contribution in [0.5, 0.6) is 11.5 Å². The first kappa shape index (κ1) is 44.0. The topological polar surface area (TPSA) is 226 Å². The summed E-state index contributed by atoms with van der Waals surface area (Å²) in [5.74, 6) is -4.94. The van der Waals surface area contributed by atoms with Gasteiger partial charge in [-0.1, -0.05) is 36.4 Å². The maximum atomic E-state index is 14.8. The summed E-state index contributed by atoms with van der Waals surface area (Å²) >= 11 is 0. The zero-order chi connectivity index (χ0) is 44.6. The van der Waals surface area contributed by atoms with Gasteiger partial charge in [0.15, 0.2) is 6.04 Å². The average Bonchev–Trinajstić information content (AvgIpc) is 4.16. The van der Waals surface area contributed by atoms with Crippen LogP contribution in [0.25, 0.3) is 22.2 Å². The van der Waals surface area contributed by atoms with E-state index in [0.29, 0.717) is 40.9 Å². The molecule has 17 nitrogen and oxygen atoms in total. The van der Waals surface area contributed by atoms with E-state index in [9.17, 15) is 37.2 Å². The number of hydrogen-bond acceptors (Lipinski definition) is 13. The number of methoxy groups -OCH3 is 1. The third-order valence-electron chi connectivity index (χ3n) is 11.4. The normalized spacial score (nSPS) is 23.5. The molecular weight excluding hydrogens is 823 g/mol. The van der Waals surface area contributed by atoms with Crippen LogP contribution in [0, 0.1) is 11.8 Å². The summed E-state index contributed by atoms with van der Waals surface area (Å²) in [5, 5.41) is 5.27. The van der Waals surface area contributed by atoms with Crippen molar-refractivity contribution in [2.45, 2.75) is 100 Å². The van der Waals surface area contributed by atoms with Gasteiger partial charge in [0.2, 0.25) is 27.7 Å². The molecule has 0 radical (unpaired) electrons. The van der Waals surface area contributed by atoms with E-state index < -0.39 is 98.4 Å². The van der Waals surface area contributed by atoms with E-state index in [4.69, 9.17) is 23.9 Å². The number of fused-ring (bicyclic) bond motifs is 1. The minimum absolute atomic E-state index is 0.0166. The zero-order valence-corrected chi connectivity index (χ0v) is 35.8. The van der Waals surface area contributed by atoms with Gasteiger partial charge < -0.3 is 34.5 Å². The number of benzene rings is 2. The van der Waals surface area contributed by atoms with Crippen LogP contribution in [0.4, 0.5) is 0 Å². The van der Waals surface area contributed by atoms with Crippen LogP contribution in [0.15, 0.2) is 67.3 Å². The number of sulfonamides is 1. The molecule has 3 aromatic rings. The van der Waals surface area contributed by atoms with Crippen molar-refractivity contribution >= 4 is 56.5 Å². The maximum absolute atomic E-state index is 14.8. The highest BCUT2D eigenvalue weighted by Crippen LogP contribution is 2.46. The molecule has 3 N–H and O–H groups in total. The fourth-order valence-corrected chi connectivity index (χ4v) is 9.13. The van der Waals surface area contributed by atoms with E-state index in [-0.39, 0.29) is 38.8 Å². The molecule has 2 aromatic carbocycles. The van der Waals surface area contributed by atoms with Gasteiger partial charge in [-0.15, -0.1) is 6.58 Å². The number of carbonyl (C=O) groups is 6. The van der Waals surface area contributed by atoms with E-state index >= 15 is 0 Å². The second kappa shape index (κ2) is 17.4. The first-order valence-corrected chi connectivity index (χ1v) is 22.1. The Balaban J connectivity index is 1.20. The molecule has 62 heavy (non-hydrogen) atoms. The van der Waals surface area contributed by atoms with Crippen molar-refractivity contribution in [1.29, 1.82) is 0 Å². The minimum atomic E-state index is -3.97.